The van der Waals surface area contributed by atoms with E-state index in [2.05, 4.69) is 15.6 Å². The Morgan fingerprint density at radius 3 is 2.63 bits per heavy atom. The van der Waals surface area contributed by atoms with Crippen molar-refractivity contribution in [3.63, 3.8) is 0 Å². The first-order valence-electron chi connectivity index (χ1n) is 9.30. The van der Waals surface area contributed by atoms with E-state index in [0.717, 1.165) is 16.5 Å². The Morgan fingerprint density at radius 2 is 1.90 bits per heavy atom. The van der Waals surface area contributed by atoms with Gasteiger partial charge in [-0.2, -0.15) is 5.26 Å². The molecule has 0 bridgehead atoms. The van der Waals surface area contributed by atoms with Gasteiger partial charge < -0.3 is 20.1 Å². The zero-order valence-corrected chi connectivity index (χ0v) is 17.0. The van der Waals surface area contributed by atoms with Crippen molar-refractivity contribution in [3.8, 4) is 17.6 Å². The first kappa shape index (κ1) is 20.7. The molecule has 1 amide bonds. The van der Waals surface area contributed by atoms with E-state index >= 15 is 0 Å². The summed E-state index contributed by atoms with van der Waals surface area (Å²) >= 11 is 0. The molecule has 0 fully saturated rings. The standard InChI is InChI=1S/C23H22N4O3/c1-15(17-9-10-20(29-2)21(12-17)30-3)27-23(28)18(13-24)14-26-19-8-4-6-16-7-5-11-25-22(16)19/h4-12,14-15,26H,1-3H3,(H,27,28)/b18-14-. The Hall–Kier alpha value is -4.05. The van der Waals surface area contributed by atoms with Crippen LogP contribution >= 0.6 is 0 Å². The Labute approximate surface area is 175 Å². The molecule has 2 aromatic carbocycles. The number of ether oxygens (including phenoxy) is 2. The molecule has 152 valence electrons. The number of para-hydroxylation sites is 1. The van der Waals surface area contributed by atoms with Crippen molar-refractivity contribution in [2.24, 2.45) is 0 Å². The molecule has 7 nitrogen and oxygen atoms in total. The number of nitrogens with one attached hydrogen (secondary N) is 2. The molecule has 0 spiro atoms. The molecule has 7 heteroatoms. The van der Waals surface area contributed by atoms with Crippen LogP contribution in [0.4, 0.5) is 5.69 Å². The van der Waals surface area contributed by atoms with Crippen molar-refractivity contribution in [2.45, 2.75) is 13.0 Å². The van der Waals surface area contributed by atoms with Crippen LogP contribution in [-0.4, -0.2) is 25.1 Å². The molecular formula is C23H22N4O3. The summed E-state index contributed by atoms with van der Waals surface area (Å²) in [6, 6.07) is 16.5. The van der Waals surface area contributed by atoms with E-state index in [0.29, 0.717) is 17.2 Å². The topological polar surface area (TPSA) is 96.3 Å². The molecule has 30 heavy (non-hydrogen) atoms. The predicted octanol–water partition coefficient (Wildman–Crippen LogP) is 3.95. The number of pyridine rings is 1. The van der Waals surface area contributed by atoms with Gasteiger partial charge in [0, 0.05) is 17.8 Å². The molecule has 0 aliphatic rings. The summed E-state index contributed by atoms with van der Waals surface area (Å²) < 4.78 is 10.5. The van der Waals surface area contributed by atoms with Crippen LogP contribution in [0, 0.1) is 11.3 Å². The number of carbonyl (C=O) groups excluding carboxylic acids is 1. The Balaban J connectivity index is 1.75. The minimum Gasteiger partial charge on any atom is -0.493 e. The first-order valence-corrected chi connectivity index (χ1v) is 9.30. The van der Waals surface area contributed by atoms with Crippen molar-refractivity contribution in [1.29, 1.82) is 5.26 Å². The van der Waals surface area contributed by atoms with E-state index in [1.807, 2.05) is 49.4 Å². The molecular weight excluding hydrogens is 380 g/mol. The van der Waals surface area contributed by atoms with E-state index < -0.39 is 5.91 Å². The van der Waals surface area contributed by atoms with Crippen molar-refractivity contribution < 1.29 is 14.3 Å². The number of methoxy groups -OCH3 is 2. The number of nitriles is 1. The molecule has 0 aliphatic carbocycles. The maximum Gasteiger partial charge on any atom is 0.263 e. The lowest BCUT2D eigenvalue weighted by atomic mass is 10.1. The van der Waals surface area contributed by atoms with Crippen LogP contribution in [0.3, 0.4) is 0 Å². The van der Waals surface area contributed by atoms with Crippen molar-refractivity contribution in [1.82, 2.24) is 10.3 Å². The fraction of sp³-hybridized carbons (Fsp3) is 0.174. The second kappa shape index (κ2) is 9.43. The highest BCUT2D eigenvalue weighted by Gasteiger charge is 2.16. The Bertz CT molecular complexity index is 1130. The van der Waals surface area contributed by atoms with Crippen LogP contribution in [-0.2, 0) is 4.79 Å². The van der Waals surface area contributed by atoms with Gasteiger partial charge in [-0.15, -0.1) is 0 Å². The minimum absolute atomic E-state index is 0.0461. The maximum atomic E-state index is 12.6. The molecule has 3 rings (SSSR count). The fourth-order valence-corrected chi connectivity index (χ4v) is 3.00. The largest absolute Gasteiger partial charge is 0.493 e. The molecule has 1 aromatic heterocycles. The lowest BCUT2D eigenvalue weighted by Gasteiger charge is -2.16. The van der Waals surface area contributed by atoms with Gasteiger partial charge in [0.05, 0.1) is 31.5 Å². The summed E-state index contributed by atoms with van der Waals surface area (Å²) in [6.07, 6.45) is 3.08. The number of fused-ring (bicyclic) bond motifs is 1. The molecule has 1 atom stereocenters. The predicted molar refractivity (Wildman–Crippen MR) is 115 cm³/mol. The first-order chi connectivity index (χ1) is 14.6. The third-order valence-corrected chi connectivity index (χ3v) is 4.62. The van der Waals surface area contributed by atoms with Gasteiger partial charge in [-0.1, -0.05) is 24.3 Å². The number of hydrogen-bond acceptors (Lipinski definition) is 6. The quantitative estimate of drug-likeness (QED) is 0.459. The maximum absolute atomic E-state index is 12.6. The summed E-state index contributed by atoms with van der Waals surface area (Å²) in [7, 11) is 3.11. The van der Waals surface area contributed by atoms with Gasteiger partial charge in [-0.3, -0.25) is 9.78 Å². The van der Waals surface area contributed by atoms with E-state index in [9.17, 15) is 10.1 Å². The second-order valence-corrected chi connectivity index (χ2v) is 6.50. The summed E-state index contributed by atoms with van der Waals surface area (Å²) in [4.78, 5) is 17.0. The van der Waals surface area contributed by atoms with Gasteiger partial charge in [0.1, 0.15) is 11.6 Å². The van der Waals surface area contributed by atoms with Crippen LogP contribution in [0.5, 0.6) is 11.5 Å². The summed E-state index contributed by atoms with van der Waals surface area (Å²) in [5.74, 6) is 0.683. The number of hydrogen-bond donors (Lipinski definition) is 2. The molecule has 0 aliphatic heterocycles. The number of carbonyl (C=O) groups is 1. The third kappa shape index (κ3) is 4.50. The highest BCUT2D eigenvalue weighted by Crippen LogP contribution is 2.30. The normalized spacial score (nSPS) is 12.0. The second-order valence-electron chi connectivity index (χ2n) is 6.50. The van der Waals surface area contributed by atoms with Crippen molar-refractivity contribution in [3.05, 3.63) is 72.1 Å². The number of amides is 1. The van der Waals surface area contributed by atoms with E-state index in [4.69, 9.17) is 9.47 Å². The van der Waals surface area contributed by atoms with Crippen LogP contribution < -0.4 is 20.1 Å². The summed E-state index contributed by atoms with van der Waals surface area (Å²) in [5, 5.41) is 16.3. The lowest BCUT2D eigenvalue weighted by Crippen LogP contribution is -2.28. The Morgan fingerprint density at radius 1 is 1.13 bits per heavy atom. The zero-order valence-electron chi connectivity index (χ0n) is 17.0. The van der Waals surface area contributed by atoms with Crippen LogP contribution in [0.25, 0.3) is 10.9 Å². The van der Waals surface area contributed by atoms with Gasteiger partial charge in [-0.25, -0.2) is 0 Å². The van der Waals surface area contributed by atoms with Crippen LogP contribution in [0.2, 0.25) is 0 Å². The summed E-state index contributed by atoms with van der Waals surface area (Å²) in [5.41, 5.74) is 2.24. The highest BCUT2D eigenvalue weighted by atomic mass is 16.5. The van der Waals surface area contributed by atoms with Crippen LogP contribution in [0.1, 0.15) is 18.5 Å². The molecule has 0 radical (unpaired) electrons. The molecule has 3 aromatic rings. The lowest BCUT2D eigenvalue weighted by molar-refractivity contribution is -0.117. The molecule has 0 saturated heterocycles. The SMILES string of the molecule is COc1ccc(C(C)NC(=O)/C(C#N)=C\Nc2cccc3cccnc23)cc1OC. The number of benzene rings is 2. The summed E-state index contributed by atoms with van der Waals surface area (Å²) in [6.45, 7) is 1.83. The van der Waals surface area contributed by atoms with Gasteiger partial charge in [0.15, 0.2) is 11.5 Å². The van der Waals surface area contributed by atoms with Crippen molar-refractivity contribution >= 4 is 22.5 Å². The van der Waals surface area contributed by atoms with Gasteiger partial charge in [-0.05, 0) is 36.8 Å². The fourth-order valence-electron chi connectivity index (χ4n) is 3.00. The van der Waals surface area contributed by atoms with Gasteiger partial charge in [0.25, 0.3) is 5.91 Å². The van der Waals surface area contributed by atoms with Crippen LogP contribution in [0.15, 0.2) is 66.5 Å². The highest BCUT2D eigenvalue weighted by molar-refractivity contribution is 5.98. The number of anilines is 1. The van der Waals surface area contributed by atoms with E-state index in [1.165, 1.54) is 6.20 Å². The molecule has 1 unspecified atom stereocenters. The van der Waals surface area contributed by atoms with Gasteiger partial charge >= 0.3 is 0 Å². The zero-order chi connectivity index (χ0) is 21.5. The van der Waals surface area contributed by atoms with E-state index in [1.54, 1.807) is 32.5 Å². The average molecular weight is 402 g/mol. The average Bonchev–Trinajstić information content (AvgIpc) is 2.78. The van der Waals surface area contributed by atoms with Crippen molar-refractivity contribution in [2.75, 3.05) is 19.5 Å². The molecule has 1 heterocycles. The molecule has 2 N–H and O–H groups in total. The number of nitrogens with zero attached hydrogens (tertiary/aromatic N) is 2. The smallest absolute Gasteiger partial charge is 0.263 e. The Kier molecular flexibility index (Phi) is 6.50. The molecule has 0 saturated carbocycles. The minimum atomic E-state index is -0.486. The van der Waals surface area contributed by atoms with E-state index in [-0.39, 0.29) is 11.6 Å². The monoisotopic (exact) mass is 402 g/mol. The van der Waals surface area contributed by atoms with Gasteiger partial charge in [0.2, 0.25) is 0 Å². The third-order valence-electron chi connectivity index (χ3n) is 4.62. The number of aromatic nitrogens is 1. The number of rotatable bonds is 7.